The fraction of sp³-hybridized carbons (Fsp3) is 0.750. The average Bonchev–Trinajstić information content (AvgIpc) is 2.91. The van der Waals surface area contributed by atoms with Gasteiger partial charge in [-0.25, -0.2) is 0 Å². The van der Waals surface area contributed by atoms with Crippen molar-refractivity contribution in [1.29, 1.82) is 0 Å². The minimum Gasteiger partial charge on any atom is -0.314 e. The monoisotopic (exact) mass is 280 g/mol. The van der Waals surface area contributed by atoms with Crippen molar-refractivity contribution >= 4 is 11.3 Å². The highest BCUT2D eigenvalue weighted by molar-refractivity contribution is 7.09. The molecule has 0 saturated carbocycles. The third-order valence-electron chi connectivity index (χ3n) is 4.51. The van der Waals surface area contributed by atoms with Crippen LogP contribution < -0.4 is 5.32 Å². The number of nitrogens with zero attached hydrogens (tertiary/aromatic N) is 1. The van der Waals surface area contributed by atoms with Gasteiger partial charge in [0.05, 0.1) is 0 Å². The van der Waals surface area contributed by atoms with Crippen LogP contribution in [0.15, 0.2) is 17.5 Å². The fourth-order valence-electron chi connectivity index (χ4n) is 3.00. The summed E-state index contributed by atoms with van der Waals surface area (Å²) in [4.78, 5) is 4.05. The number of rotatable bonds is 6. The van der Waals surface area contributed by atoms with E-state index in [1.807, 2.05) is 11.3 Å². The number of piperidine rings is 1. The summed E-state index contributed by atoms with van der Waals surface area (Å²) in [5.41, 5.74) is 0. The van der Waals surface area contributed by atoms with Crippen LogP contribution in [0.4, 0.5) is 0 Å². The van der Waals surface area contributed by atoms with Gasteiger partial charge in [0.15, 0.2) is 0 Å². The zero-order valence-corrected chi connectivity index (χ0v) is 13.4. The maximum atomic E-state index is 3.66. The first-order valence-electron chi connectivity index (χ1n) is 7.64. The number of hydrogen-bond acceptors (Lipinski definition) is 3. The fourth-order valence-corrected chi connectivity index (χ4v) is 3.83. The van der Waals surface area contributed by atoms with E-state index >= 15 is 0 Å². The van der Waals surface area contributed by atoms with Crippen LogP contribution in [0.1, 0.15) is 44.4 Å². The minimum absolute atomic E-state index is 0.622. The molecule has 0 aromatic carbocycles. The lowest BCUT2D eigenvalue weighted by Crippen LogP contribution is -2.43. The molecule has 0 aliphatic carbocycles. The third-order valence-corrected chi connectivity index (χ3v) is 5.40. The summed E-state index contributed by atoms with van der Waals surface area (Å²) in [7, 11) is 2.28. The molecule has 3 unspecified atom stereocenters. The van der Waals surface area contributed by atoms with Gasteiger partial charge in [-0.3, -0.25) is 0 Å². The topological polar surface area (TPSA) is 15.3 Å². The molecule has 0 bridgehead atoms. The van der Waals surface area contributed by atoms with Gasteiger partial charge in [0.1, 0.15) is 0 Å². The molecule has 3 heteroatoms. The standard InChI is InChI=1S/C16H28N2S/c1-13(11-15-7-4-5-9-17-15)18(3)14(2)12-16-8-6-10-19-16/h6,8,10,13-15,17H,4-5,7,9,11-12H2,1-3H3. The highest BCUT2D eigenvalue weighted by Gasteiger charge is 2.21. The first-order valence-corrected chi connectivity index (χ1v) is 8.52. The van der Waals surface area contributed by atoms with E-state index in [2.05, 4.69) is 48.6 Å². The van der Waals surface area contributed by atoms with Crippen LogP contribution in [0.25, 0.3) is 0 Å². The van der Waals surface area contributed by atoms with Crippen LogP contribution >= 0.6 is 11.3 Å². The van der Waals surface area contributed by atoms with Crippen molar-refractivity contribution in [3.63, 3.8) is 0 Å². The second-order valence-corrected chi connectivity index (χ2v) is 7.06. The van der Waals surface area contributed by atoms with E-state index in [0.717, 1.165) is 6.04 Å². The van der Waals surface area contributed by atoms with Crippen molar-refractivity contribution in [2.45, 2.75) is 64.1 Å². The first kappa shape index (κ1) is 15.0. The Kier molecular flexibility index (Phi) is 5.86. The lowest BCUT2D eigenvalue weighted by molar-refractivity contribution is 0.169. The van der Waals surface area contributed by atoms with Gasteiger partial charge >= 0.3 is 0 Å². The van der Waals surface area contributed by atoms with Gasteiger partial charge < -0.3 is 10.2 Å². The maximum Gasteiger partial charge on any atom is 0.0115 e. The molecule has 1 aliphatic rings. The molecule has 2 heterocycles. The average molecular weight is 280 g/mol. The Bertz CT molecular complexity index is 344. The van der Waals surface area contributed by atoms with Crippen LogP contribution in [-0.4, -0.2) is 36.6 Å². The molecule has 1 aliphatic heterocycles. The largest absolute Gasteiger partial charge is 0.314 e. The number of nitrogens with one attached hydrogen (secondary N) is 1. The van der Waals surface area contributed by atoms with Crippen molar-refractivity contribution in [2.75, 3.05) is 13.6 Å². The highest BCUT2D eigenvalue weighted by atomic mass is 32.1. The van der Waals surface area contributed by atoms with Gasteiger partial charge in [0, 0.05) is 23.0 Å². The summed E-state index contributed by atoms with van der Waals surface area (Å²) in [5.74, 6) is 0. The van der Waals surface area contributed by atoms with Crippen molar-refractivity contribution in [2.24, 2.45) is 0 Å². The molecule has 19 heavy (non-hydrogen) atoms. The smallest absolute Gasteiger partial charge is 0.0115 e. The van der Waals surface area contributed by atoms with E-state index in [4.69, 9.17) is 0 Å². The summed E-state index contributed by atoms with van der Waals surface area (Å²) < 4.78 is 0. The Labute approximate surface area is 122 Å². The summed E-state index contributed by atoms with van der Waals surface area (Å²) in [5, 5.41) is 5.84. The van der Waals surface area contributed by atoms with E-state index in [-0.39, 0.29) is 0 Å². The van der Waals surface area contributed by atoms with Crippen molar-refractivity contribution in [3.8, 4) is 0 Å². The maximum absolute atomic E-state index is 3.66. The van der Waals surface area contributed by atoms with Crippen LogP contribution in [0.5, 0.6) is 0 Å². The molecule has 2 rings (SSSR count). The highest BCUT2D eigenvalue weighted by Crippen LogP contribution is 2.18. The molecule has 108 valence electrons. The minimum atomic E-state index is 0.622. The van der Waals surface area contributed by atoms with Crippen molar-refractivity contribution < 1.29 is 0 Å². The molecule has 0 spiro atoms. The van der Waals surface area contributed by atoms with Gasteiger partial charge in [0.25, 0.3) is 0 Å². The van der Waals surface area contributed by atoms with E-state index in [9.17, 15) is 0 Å². The second-order valence-electron chi connectivity index (χ2n) is 6.03. The molecule has 1 N–H and O–H groups in total. The zero-order chi connectivity index (χ0) is 13.7. The van der Waals surface area contributed by atoms with E-state index in [0.29, 0.717) is 12.1 Å². The number of hydrogen-bond donors (Lipinski definition) is 1. The Morgan fingerprint density at radius 1 is 1.37 bits per heavy atom. The quantitative estimate of drug-likeness (QED) is 0.857. The third kappa shape index (κ3) is 4.59. The van der Waals surface area contributed by atoms with Crippen LogP contribution in [0.2, 0.25) is 0 Å². The summed E-state index contributed by atoms with van der Waals surface area (Å²) in [6.07, 6.45) is 6.58. The van der Waals surface area contributed by atoms with Gasteiger partial charge in [-0.15, -0.1) is 11.3 Å². The van der Waals surface area contributed by atoms with Gasteiger partial charge in [0.2, 0.25) is 0 Å². The molecule has 1 fully saturated rings. The molecular formula is C16H28N2S. The second kappa shape index (κ2) is 7.41. The normalized spacial score (nSPS) is 23.5. The molecule has 3 atom stereocenters. The Hall–Kier alpha value is -0.380. The molecule has 0 radical (unpaired) electrons. The molecule has 2 nitrogen and oxygen atoms in total. The summed E-state index contributed by atoms with van der Waals surface area (Å²) in [6.45, 7) is 5.94. The lowest BCUT2D eigenvalue weighted by atomic mass is 9.97. The van der Waals surface area contributed by atoms with E-state index in [1.54, 1.807) is 0 Å². The van der Waals surface area contributed by atoms with Crippen LogP contribution in [0, 0.1) is 0 Å². The number of likely N-dealkylation sites (N-methyl/N-ethyl adjacent to an activating group) is 1. The van der Waals surface area contributed by atoms with Crippen LogP contribution in [-0.2, 0) is 6.42 Å². The first-order chi connectivity index (χ1) is 9.16. The predicted molar refractivity (Wildman–Crippen MR) is 85.0 cm³/mol. The van der Waals surface area contributed by atoms with Crippen molar-refractivity contribution in [3.05, 3.63) is 22.4 Å². The van der Waals surface area contributed by atoms with Crippen LogP contribution in [0.3, 0.4) is 0 Å². The predicted octanol–water partition coefficient (Wildman–Crippen LogP) is 3.53. The summed E-state index contributed by atoms with van der Waals surface area (Å²) in [6, 6.07) is 6.42. The molecule has 1 saturated heterocycles. The Morgan fingerprint density at radius 3 is 2.84 bits per heavy atom. The Balaban J connectivity index is 1.78. The SMILES string of the molecule is CC(Cc1cccs1)N(C)C(C)CC1CCCCN1. The van der Waals surface area contributed by atoms with Crippen molar-refractivity contribution in [1.82, 2.24) is 10.2 Å². The zero-order valence-electron chi connectivity index (χ0n) is 12.6. The van der Waals surface area contributed by atoms with Gasteiger partial charge in [-0.2, -0.15) is 0 Å². The molecular weight excluding hydrogens is 252 g/mol. The molecule has 0 amide bonds. The van der Waals surface area contributed by atoms with Gasteiger partial charge in [-0.05, 0) is 64.6 Å². The lowest BCUT2D eigenvalue weighted by Gasteiger charge is -2.34. The Morgan fingerprint density at radius 2 is 2.21 bits per heavy atom. The summed E-state index contributed by atoms with van der Waals surface area (Å²) >= 11 is 1.88. The van der Waals surface area contributed by atoms with Gasteiger partial charge in [-0.1, -0.05) is 12.5 Å². The number of thiophene rings is 1. The van der Waals surface area contributed by atoms with E-state index in [1.165, 1.54) is 43.5 Å². The molecule has 1 aromatic heterocycles. The molecule has 1 aromatic rings. The van der Waals surface area contributed by atoms with E-state index < -0.39 is 0 Å².